The van der Waals surface area contributed by atoms with Crippen LogP contribution in [0.5, 0.6) is 5.75 Å². The summed E-state index contributed by atoms with van der Waals surface area (Å²) in [6.07, 6.45) is 0.605. The van der Waals surface area contributed by atoms with Crippen molar-refractivity contribution in [2.24, 2.45) is 5.73 Å². The molecule has 1 atom stereocenters. The second kappa shape index (κ2) is 6.96. The van der Waals surface area contributed by atoms with Crippen LogP contribution in [0, 0.1) is 5.82 Å². The fourth-order valence-corrected chi connectivity index (χ4v) is 1.55. The van der Waals surface area contributed by atoms with Crippen LogP contribution in [0.3, 0.4) is 0 Å². The van der Waals surface area contributed by atoms with Crippen molar-refractivity contribution in [2.75, 3.05) is 13.2 Å². The molecule has 0 aromatic heterocycles. The van der Waals surface area contributed by atoms with E-state index in [9.17, 15) is 9.18 Å². The van der Waals surface area contributed by atoms with Gasteiger partial charge in [0.25, 0.3) is 5.91 Å². The highest BCUT2D eigenvalue weighted by molar-refractivity contribution is 5.77. The molecule has 0 saturated carbocycles. The first-order valence-corrected chi connectivity index (χ1v) is 5.96. The lowest BCUT2D eigenvalue weighted by molar-refractivity contribution is -0.123. The lowest BCUT2D eigenvalue weighted by Gasteiger charge is -2.09. The Balaban J connectivity index is 2.59. The van der Waals surface area contributed by atoms with E-state index in [4.69, 9.17) is 10.5 Å². The summed E-state index contributed by atoms with van der Waals surface area (Å²) in [5, 5.41) is 2.57. The van der Waals surface area contributed by atoms with Crippen molar-refractivity contribution in [2.45, 2.75) is 26.3 Å². The Hall–Kier alpha value is -1.62. The molecular formula is C13H19FN2O2. The number of hydrogen-bond donors (Lipinski definition) is 2. The van der Waals surface area contributed by atoms with Gasteiger partial charge in [-0.25, -0.2) is 4.39 Å². The van der Waals surface area contributed by atoms with E-state index in [0.29, 0.717) is 13.0 Å². The predicted octanol–water partition coefficient (Wildman–Crippen LogP) is 1.23. The van der Waals surface area contributed by atoms with Crippen molar-refractivity contribution in [1.29, 1.82) is 0 Å². The first-order chi connectivity index (χ1) is 8.52. The van der Waals surface area contributed by atoms with Crippen molar-refractivity contribution in [1.82, 2.24) is 5.32 Å². The number of benzene rings is 1. The van der Waals surface area contributed by atoms with E-state index in [-0.39, 0.29) is 24.3 Å². The summed E-state index contributed by atoms with van der Waals surface area (Å²) < 4.78 is 18.7. The predicted molar refractivity (Wildman–Crippen MR) is 67.9 cm³/mol. The van der Waals surface area contributed by atoms with E-state index < -0.39 is 5.82 Å². The number of rotatable bonds is 6. The standard InChI is InChI=1S/C13H19FN2O2/c1-3-16-13(17)8-18-12-5-4-10(6-9(2)15)7-11(12)14/h4-5,7,9H,3,6,8,15H2,1-2H3,(H,16,17). The third-order valence-electron chi connectivity index (χ3n) is 2.29. The molecule has 0 aliphatic heterocycles. The number of hydrogen-bond acceptors (Lipinski definition) is 3. The maximum atomic E-state index is 13.6. The van der Waals surface area contributed by atoms with Gasteiger partial charge in [0.05, 0.1) is 0 Å². The van der Waals surface area contributed by atoms with Gasteiger partial charge in [-0.1, -0.05) is 6.07 Å². The molecule has 0 spiro atoms. The minimum absolute atomic E-state index is 0.0218. The van der Waals surface area contributed by atoms with Crippen LogP contribution in [-0.4, -0.2) is 25.1 Å². The van der Waals surface area contributed by atoms with Crippen molar-refractivity contribution in [3.05, 3.63) is 29.6 Å². The van der Waals surface area contributed by atoms with Gasteiger partial charge in [-0.3, -0.25) is 4.79 Å². The highest BCUT2D eigenvalue weighted by Gasteiger charge is 2.08. The Kier molecular flexibility index (Phi) is 5.58. The highest BCUT2D eigenvalue weighted by atomic mass is 19.1. The minimum Gasteiger partial charge on any atom is -0.481 e. The molecule has 0 heterocycles. The third kappa shape index (κ3) is 4.71. The lowest BCUT2D eigenvalue weighted by atomic mass is 10.1. The van der Waals surface area contributed by atoms with Gasteiger partial charge >= 0.3 is 0 Å². The Morgan fingerprint density at radius 2 is 2.28 bits per heavy atom. The van der Waals surface area contributed by atoms with Gasteiger partial charge in [0.1, 0.15) is 0 Å². The van der Waals surface area contributed by atoms with Crippen LogP contribution in [0.2, 0.25) is 0 Å². The van der Waals surface area contributed by atoms with Crippen molar-refractivity contribution in [3.63, 3.8) is 0 Å². The van der Waals surface area contributed by atoms with Gasteiger partial charge in [0.2, 0.25) is 0 Å². The molecule has 1 unspecified atom stereocenters. The zero-order chi connectivity index (χ0) is 13.5. The molecule has 1 aromatic rings. The summed E-state index contributed by atoms with van der Waals surface area (Å²) in [5.74, 6) is -0.663. The first-order valence-electron chi connectivity index (χ1n) is 5.96. The third-order valence-corrected chi connectivity index (χ3v) is 2.29. The van der Waals surface area contributed by atoms with E-state index in [2.05, 4.69) is 5.32 Å². The molecule has 0 aliphatic carbocycles. The number of carbonyl (C=O) groups excluding carboxylic acids is 1. The molecule has 0 saturated heterocycles. The topological polar surface area (TPSA) is 64.3 Å². The summed E-state index contributed by atoms with van der Waals surface area (Å²) in [6.45, 7) is 4.01. The number of halogens is 1. The monoisotopic (exact) mass is 254 g/mol. The van der Waals surface area contributed by atoms with Gasteiger partial charge in [0.15, 0.2) is 18.2 Å². The number of nitrogens with one attached hydrogen (secondary N) is 1. The lowest BCUT2D eigenvalue weighted by Crippen LogP contribution is -2.28. The van der Waals surface area contributed by atoms with E-state index in [0.717, 1.165) is 5.56 Å². The smallest absolute Gasteiger partial charge is 0.257 e. The normalized spacial score (nSPS) is 12.0. The molecule has 1 rings (SSSR count). The molecule has 0 radical (unpaired) electrons. The fraction of sp³-hybridized carbons (Fsp3) is 0.462. The maximum Gasteiger partial charge on any atom is 0.257 e. The second-order valence-corrected chi connectivity index (χ2v) is 4.19. The fourth-order valence-electron chi connectivity index (χ4n) is 1.55. The van der Waals surface area contributed by atoms with Gasteiger partial charge in [-0.05, 0) is 38.0 Å². The van der Waals surface area contributed by atoms with E-state index in [1.807, 2.05) is 6.92 Å². The van der Waals surface area contributed by atoms with Crippen LogP contribution >= 0.6 is 0 Å². The SMILES string of the molecule is CCNC(=O)COc1ccc(CC(C)N)cc1F. The molecule has 3 N–H and O–H groups in total. The zero-order valence-corrected chi connectivity index (χ0v) is 10.7. The van der Waals surface area contributed by atoms with E-state index >= 15 is 0 Å². The second-order valence-electron chi connectivity index (χ2n) is 4.19. The Morgan fingerprint density at radius 1 is 1.56 bits per heavy atom. The Labute approximate surface area is 106 Å². The number of carbonyl (C=O) groups is 1. The minimum atomic E-state index is -0.475. The molecule has 4 nitrogen and oxygen atoms in total. The molecule has 0 aliphatic rings. The molecule has 18 heavy (non-hydrogen) atoms. The van der Waals surface area contributed by atoms with E-state index in [1.54, 1.807) is 13.0 Å². The average molecular weight is 254 g/mol. The molecule has 0 bridgehead atoms. The van der Waals surface area contributed by atoms with Gasteiger partial charge in [-0.2, -0.15) is 0 Å². The van der Waals surface area contributed by atoms with Crippen LogP contribution in [0.4, 0.5) is 4.39 Å². The van der Waals surface area contributed by atoms with Crippen molar-refractivity contribution in [3.8, 4) is 5.75 Å². The number of ether oxygens (including phenoxy) is 1. The number of amides is 1. The van der Waals surface area contributed by atoms with Gasteiger partial charge < -0.3 is 15.8 Å². The van der Waals surface area contributed by atoms with Crippen LogP contribution in [0.1, 0.15) is 19.4 Å². The van der Waals surface area contributed by atoms with Crippen LogP contribution in [0.25, 0.3) is 0 Å². The summed E-state index contributed by atoms with van der Waals surface area (Å²) in [4.78, 5) is 11.2. The van der Waals surface area contributed by atoms with Crippen LogP contribution in [-0.2, 0) is 11.2 Å². The molecule has 1 aromatic carbocycles. The van der Waals surface area contributed by atoms with Gasteiger partial charge in [0, 0.05) is 12.6 Å². The summed E-state index contributed by atoms with van der Waals surface area (Å²) in [6, 6.07) is 4.63. The van der Waals surface area contributed by atoms with Crippen molar-refractivity contribution >= 4 is 5.91 Å². The largest absolute Gasteiger partial charge is 0.481 e. The zero-order valence-electron chi connectivity index (χ0n) is 10.7. The van der Waals surface area contributed by atoms with E-state index in [1.165, 1.54) is 12.1 Å². The van der Waals surface area contributed by atoms with Crippen molar-refractivity contribution < 1.29 is 13.9 Å². The number of nitrogens with two attached hydrogens (primary N) is 1. The molecule has 0 fully saturated rings. The molecule has 1 amide bonds. The summed E-state index contributed by atoms with van der Waals surface area (Å²) >= 11 is 0. The summed E-state index contributed by atoms with van der Waals surface area (Å²) in [7, 11) is 0. The Bertz CT molecular complexity index is 408. The van der Waals surface area contributed by atoms with Crippen LogP contribution < -0.4 is 15.8 Å². The van der Waals surface area contributed by atoms with Crippen LogP contribution in [0.15, 0.2) is 18.2 Å². The molecule has 100 valence electrons. The Morgan fingerprint density at radius 3 is 2.83 bits per heavy atom. The average Bonchev–Trinajstić information content (AvgIpc) is 2.27. The van der Waals surface area contributed by atoms with Gasteiger partial charge in [-0.15, -0.1) is 0 Å². The number of likely N-dealkylation sites (N-methyl/N-ethyl adjacent to an activating group) is 1. The summed E-state index contributed by atoms with van der Waals surface area (Å²) in [5.41, 5.74) is 6.45. The molecular weight excluding hydrogens is 235 g/mol. The highest BCUT2D eigenvalue weighted by Crippen LogP contribution is 2.18. The quantitative estimate of drug-likeness (QED) is 0.802. The molecule has 5 heteroatoms. The maximum absolute atomic E-state index is 13.6. The first kappa shape index (κ1) is 14.4.